The molecule has 1 unspecified atom stereocenters. The number of aromatic nitrogens is 2. The zero-order valence-electron chi connectivity index (χ0n) is 8.16. The molecular weight excluding hydrogens is 232 g/mol. The van der Waals surface area contributed by atoms with Crippen molar-refractivity contribution in [2.75, 3.05) is 0 Å². The van der Waals surface area contributed by atoms with Gasteiger partial charge in [-0.25, -0.2) is 0 Å². The molecule has 1 rings (SSSR count). The van der Waals surface area contributed by atoms with Crippen LogP contribution in [0.5, 0.6) is 0 Å². The van der Waals surface area contributed by atoms with E-state index in [1.54, 1.807) is 10.9 Å². The average Bonchev–Trinajstić information content (AvgIpc) is 2.29. The molecule has 1 N–H and O–H groups in total. The number of hydrogen-bond acceptors (Lipinski definition) is 2. The fraction of sp³-hybridized carbons (Fsp3) is 0.667. The van der Waals surface area contributed by atoms with Gasteiger partial charge in [-0.05, 0) is 28.3 Å². The predicted molar refractivity (Wildman–Crippen MR) is 55.3 cm³/mol. The SMILES string of the molecule is CC(C)CC(O)c1c(Br)cnn1C. The lowest BCUT2D eigenvalue weighted by molar-refractivity contribution is 0.141. The monoisotopic (exact) mass is 246 g/mol. The Hall–Kier alpha value is -0.350. The molecule has 1 heterocycles. The van der Waals surface area contributed by atoms with Crippen LogP contribution in [-0.4, -0.2) is 14.9 Å². The average molecular weight is 247 g/mol. The lowest BCUT2D eigenvalue weighted by Gasteiger charge is -2.13. The number of aryl methyl sites for hydroxylation is 1. The highest BCUT2D eigenvalue weighted by Crippen LogP contribution is 2.26. The minimum absolute atomic E-state index is 0.429. The van der Waals surface area contributed by atoms with Crippen LogP contribution in [0.2, 0.25) is 0 Å². The van der Waals surface area contributed by atoms with Crippen molar-refractivity contribution in [3.05, 3.63) is 16.4 Å². The van der Waals surface area contributed by atoms with Crippen molar-refractivity contribution in [1.82, 2.24) is 9.78 Å². The Labute approximate surface area is 86.9 Å². The molecule has 0 aliphatic carbocycles. The standard InChI is InChI=1S/C9H15BrN2O/c1-6(2)4-8(13)9-7(10)5-11-12(9)3/h5-6,8,13H,4H2,1-3H3. The molecule has 0 aliphatic heterocycles. The maximum atomic E-state index is 9.85. The fourth-order valence-electron chi connectivity index (χ4n) is 1.35. The summed E-state index contributed by atoms with van der Waals surface area (Å²) in [6.07, 6.45) is 2.04. The van der Waals surface area contributed by atoms with Gasteiger partial charge < -0.3 is 5.11 Å². The summed E-state index contributed by atoms with van der Waals surface area (Å²) >= 11 is 3.36. The van der Waals surface area contributed by atoms with Crippen LogP contribution >= 0.6 is 15.9 Å². The number of rotatable bonds is 3. The number of halogens is 1. The van der Waals surface area contributed by atoms with Gasteiger partial charge in [0.15, 0.2) is 0 Å². The molecule has 0 saturated carbocycles. The van der Waals surface area contributed by atoms with Crippen LogP contribution in [0, 0.1) is 5.92 Å². The first-order chi connectivity index (χ1) is 6.02. The third kappa shape index (κ3) is 2.54. The summed E-state index contributed by atoms with van der Waals surface area (Å²) in [5.74, 6) is 0.483. The Morgan fingerprint density at radius 3 is 2.62 bits per heavy atom. The molecule has 3 nitrogen and oxygen atoms in total. The molecule has 13 heavy (non-hydrogen) atoms. The minimum Gasteiger partial charge on any atom is -0.387 e. The first-order valence-electron chi connectivity index (χ1n) is 4.37. The number of aliphatic hydroxyl groups is 1. The van der Waals surface area contributed by atoms with Crippen molar-refractivity contribution >= 4 is 15.9 Å². The van der Waals surface area contributed by atoms with Gasteiger partial charge in [0.2, 0.25) is 0 Å². The number of nitrogens with zero attached hydrogens (tertiary/aromatic N) is 2. The Bertz CT molecular complexity index is 264. The Morgan fingerprint density at radius 2 is 2.23 bits per heavy atom. The Morgan fingerprint density at radius 1 is 1.62 bits per heavy atom. The lowest BCUT2D eigenvalue weighted by Crippen LogP contribution is -2.08. The molecule has 0 aliphatic rings. The third-order valence-electron chi connectivity index (χ3n) is 1.95. The summed E-state index contributed by atoms with van der Waals surface area (Å²) in [5.41, 5.74) is 0.855. The van der Waals surface area contributed by atoms with Crippen molar-refractivity contribution in [2.24, 2.45) is 13.0 Å². The molecule has 0 radical (unpaired) electrons. The van der Waals surface area contributed by atoms with Crippen LogP contribution in [-0.2, 0) is 7.05 Å². The summed E-state index contributed by atoms with van der Waals surface area (Å²) < 4.78 is 2.58. The van der Waals surface area contributed by atoms with Crippen LogP contribution in [0.25, 0.3) is 0 Å². The van der Waals surface area contributed by atoms with Crippen molar-refractivity contribution in [2.45, 2.75) is 26.4 Å². The molecule has 1 aromatic rings. The van der Waals surface area contributed by atoms with E-state index >= 15 is 0 Å². The van der Waals surface area contributed by atoms with Crippen LogP contribution in [0.15, 0.2) is 10.7 Å². The topological polar surface area (TPSA) is 38.1 Å². The van der Waals surface area contributed by atoms with Gasteiger partial charge >= 0.3 is 0 Å². The molecule has 0 bridgehead atoms. The molecule has 4 heteroatoms. The summed E-state index contributed by atoms with van der Waals surface area (Å²) in [7, 11) is 1.84. The smallest absolute Gasteiger partial charge is 0.0970 e. The molecule has 1 aromatic heterocycles. The van der Waals surface area contributed by atoms with Crippen LogP contribution in [0.1, 0.15) is 32.1 Å². The van der Waals surface area contributed by atoms with E-state index in [9.17, 15) is 5.11 Å². The number of aliphatic hydroxyl groups excluding tert-OH is 1. The molecule has 0 aromatic carbocycles. The molecule has 0 spiro atoms. The van der Waals surface area contributed by atoms with Crippen molar-refractivity contribution in [3.63, 3.8) is 0 Å². The van der Waals surface area contributed by atoms with Gasteiger partial charge in [-0.3, -0.25) is 4.68 Å². The highest BCUT2D eigenvalue weighted by atomic mass is 79.9. The molecular formula is C9H15BrN2O. The van der Waals surface area contributed by atoms with E-state index in [1.165, 1.54) is 0 Å². The fourth-order valence-corrected chi connectivity index (χ4v) is 1.97. The van der Waals surface area contributed by atoms with Gasteiger partial charge in [-0.1, -0.05) is 13.8 Å². The van der Waals surface area contributed by atoms with Crippen LogP contribution < -0.4 is 0 Å². The van der Waals surface area contributed by atoms with Gasteiger partial charge in [-0.15, -0.1) is 0 Å². The maximum absolute atomic E-state index is 9.85. The molecule has 1 atom stereocenters. The van der Waals surface area contributed by atoms with Crippen LogP contribution in [0.3, 0.4) is 0 Å². The molecule has 0 saturated heterocycles. The summed E-state index contributed by atoms with van der Waals surface area (Å²) in [6, 6.07) is 0. The summed E-state index contributed by atoms with van der Waals surface area (Å²) in [6.45, 7) is 4.18. The van der Waals surface area contributed by atoms with E-state index in [4.69, 9.17) is 0 Å². The van der Waals surface area contributed by atoms with E-state index < -0.39 is 6.10 Å². The number of hydrogen-bond donors (Lipinski definition) is 1. The highest BCUT2D eigenvalue weighted by Gasteiger charge is 2.16. The molecule has 74 valence electrons. The lowest BCUT2D eigenvalue weighted by atomic mass is 10.0. The van der Waals surface area contributed by atoms with Gasteiger partial charge in [0, 0.05) is 7.05 Å². The normalized spacial score (nSPS) is 13.7. The van der Waals surface area contributed by atoms with E-state index in [1.807, 2.05) is 7.05 Å². The minimum atomic E-state index is -0.429. The summed E-state index contributed by atoms with van der Waals surface area (Å²) in [5, 5.41) is 13.9. The van der Waals surface area contributed by atoms with Gasteiger partial charge in [-0.2, -0.15) is 5.10 Å². The molecule has 0 amide bonds. The van der Waals surface area contributed by atoms with Crippen molar-refractivity contribution < 1.29 is 5.11 Å². The highest BCUT2D eigenvalue weighted by molar-refractivity contribution is 9.10. The Balaban J connectivity index is 2.81. The quantitative estimate of drug-likeness (QED) is 0.889. The first-order valence-corrected chi connectivity index (χ1v) is 5.17. The van der Waals surface area contributed by atoms with Crippen molar-refractivity contribution in [3.8, 4) is 0 Å². The molecule has 0 fully saturated rings. The van der Waals surface area contributed by atoms with E-state index in [0.717, 1.165) is 16.6 Å². The van der Waals surface area contributed by atoms with E-state index in [0.29, 0.717) is 5.92 Å². The zero-order chi connectivity index (χ0) is 10.0. The van der Waals surface area contributed by atoms with E-state index in [2.05, 4.69) is 34.9 Å². The Kier molecular flexibility index (Phi) is 3.50. The maximum Gasteiger partial charge on any atom is 0.0970 e. The second kappa shape index (κ2) is 4.24. The third-order valence-corrected chi connectivity index (χ3v) is 2.56. The first kappa shape index (κ1) is 10.7. The second-order valence-electron chi connectivity index (χ2n) is 3.65. The van der Waals surface area contributed by atoms with Crippen LogP contribution in [0.4, 0.5) is 0 Å². The van der Waals surface area contributed by atoms with Gasteiger partial charge in [0.1, 0.15) is 0 Å². The largest absolute Gasteiger partial charge is 0.387 e. The zero-order valence-corrected chi connectivity index (χ0v) is 9.74. The van der Waals surface area contributed by atoms with Gasteiger partial charge in [0.25, 0.3) is 0 Å². The van der Waals surface area contributed by atoms with Crippen molar-refractivity contribution in [1.29, 1.82) is 0 Å². The summed E-state index contributed by atoms with van der Waals surface area (Å²) in [4.78, 5) is 0. The van der Waals surface area contributed by atoms with Gasteiger partial charge in [0.05, 0.1) is 22.5 Å². The van der Waals surface area contributed by atoms with E-state index in [-0.39, 0.29) is 0 Å². The second-order valence-corrected chi connectivity index (χ2v) is 4.50. The predicted octanol–water partition coefficient (Wildman–Crippen LogP) is 2.26.